The number of halogens is 1. The molecule has 115 heavy (non-hydrogen) atoms. The van der Waals surface area contributed by atoms with Crippen LogP contribution in [0.2, 0.25) is 0 Å². The van der Waals surface area contributed by atoms with Gasteiger partial charge in [-0.3, -0.25) is 19.2 Å². The van der Waals surface area contributed by atoms with Gasteiger partial charge in [0.15, 0.2) is 25.2 Å². The van der Waals surface area contributed by atoms with Crippen molar-refractivity contribution >= 4 is 57.9 Å². The number of phenolic OH excluding ortho intramolecular Hbond substituents is 1. The molecular weight excluding hydrogens is 1640 g/mol. The first-order valence-electron chi connectivity index (χ1n) is 39.6. The molecule has 0 spiro atoms. The van der Waals surface area contributed by atoms with Gasteiger partial charge in [0.05, 0.1) is 75.2 Å². The van der Waals surface area contributed by atoms with E-state index >= 15 is 0 Å². The van der Waals surface area contributed by atoms with E-state index < -0.39 is 247 Å². The molecule has 0 radical (unpaired) electrons. The standard InChI is InChI=1S/C74H122IN7O33/c1-4-5-6-7-8-9-10-11-12-14-17-20-23-26-44(90)43(80-52(94)27-24-21-18-15-13-16-19-22-25-28-77-68(103)40-29-41(75)42(81-82-76)30-45(40)91)37-106-70-60(100)59(99)64(51(36-87)110-70)112-71-61(101)66(56(96)48(33-84)107-71)113-69-54(79-39(3)89)58(98)63(50(35-86)109-69)111-72-62(102)67(57(97)49(34-85)108-72)115-74(73(104)105)31-46(92)53(78-38(2)88)65(114-74)55(95)47(93)32-83/h23,26,29-30,43-44,46-51,53-67,69-72,83-87,90-93,95-102H,4-22,24-25,27-28,31-37H2,1-3H3,(H,77,103)(H,78,88)(H,79,89)(H,80,94)(H,104,105)/b26-23+/t43?,44?,46-,47+,48+,49+,50+,51+,53+,54+,55+,56-,57-,58+,59+,60+,61+,62+,63+,64+,65+,66-,67-,69-,70+,71-,72-,74+/m0/s1/i75-2. The fraction of sp³-hybridized carbons (Fsp3) is 0.824. The fourth-order valence-corrected chi connectivity index (χ4v) is 15.0. The largest absolute Gasteiger partial charge is 0.507 e. The lowest BCUT2D eigenvalue weighted by Crippen LogP contribution is -2.71. The van der Waals surface area contributed by atoms with Gasteiger partial charge < -0.3 is 161 Å². The minimum atomic E-state index is -3.21. The highest BCUT2D eigenvalue weighted by molar-refractivity contribution is 14.1. The fourth-order valence-electron chi connectivity index (χ4n) is 14.5. The van der Waals surface area contributed by atoms with Crippen molar-refractivity contribution in [1.29, 1.82) is 0 Å². The lowest BCUT2D eigenvalue weighted by molar-refractivity contribution is -0.390. The molecule has 0 aromatic heterocycles. The Labute approximate surface area is 679 Å². The number of nitrogens with one attached hydrogen (secondary N) is 4. The van der Waals surface area contributed by atoms with Crippen LogP contribution in [0.3, 0.4) is 0 Å². The number of carbonyl (C=O) groups excluding carboxylic acids is 4. The molecule has 5 aliphatic rings. The average molecular weight is 1760 g/mol. The maximum atomic E-state index is 13.6. The summed E-state index contributed by atoms with van der Waals surface area (Å²) in [5.74, 6) is -8.17. The van der Waals surface area contributed by atoms with Gasteiger partial charge in [0.1, 0.15) is 122 Å². The van der Waals surface area contributed by atoms with Gasteiger partial charge in [-0.25, -0.2) is 4.79 Å². The molecule has 0 bridgehead atoms. The third kappa shape index (κ3) is 28.9. The van der Waals surface area contributed by atoms with Crippen molar-refractivity contribution in [3.05, 3.63) is 43.9 Å². The van der Waals surface area contributed by atoms with Gasteiger partial charge in [0.2, 0.25) is 17.7 Å². The maximum absolute atomic E-state index is 13.6. The smallest absolute Gasteiger partial charge is 0.364 e. The van der Waals surface area contributed by atoms with Crippen LogP contribution in [-0.2, 0) is 66.5 Å². The van der Waals surface area contributed by atoms with Gasteiger partial charge in [-0.1, -0.05) is 133 Å². The first-order valence-corrected chi connectivity index (χ1v) is 40.7. The lowest BCUT2D eigenvalue weighted by Gasteiger charge is -2.51. The number of aromatic hydroxyl groups is 1. The molecule has 0 aliphatic carbocycles. The first-order chi connectivity index (χ1) is 54.9. The molecule has 41 heteroatoms. The van der Waals surface area contributed by atoms with Gasteiger partial charge in [0, 0.05) is 41.7 Å². The topological polar surface area (TPSA) is 639 Å². The van der Waals surface area contributed by atoms with Crippen LogP contribution < -0.4 is 21.3 Å². The van der Waals surface area contributed by atoms with Crippen LogP contribution in [0.1, 0.15) is 179 Å². The van der Waals surface area contributed by atoms with E-state index in [-0.39, 0.29) is 23.4 Å². The first kappa shape index (κ1) is 98.9. The summed E-state index contributed by atoms with van der Waals surface area (Å²) in [6, 6.07) is -2.00. The third-order valence-corrected chi connectivity index (χ3v) is 21.8. The molecule has 5 saturated heterocycles. The highest BCUT2D eigenvalue weighted by Gasteiger charge is 2.61. The molecule has 28 atom stereocenters. The molecule has 4 amide bonds. The van der Waals surface area contributed by atoms with E-state index in [1.165, 1.54) is 63.2 Å². The molecule has 658 valence electrons. The van der Waals surface area contributed by atoms with Crippen molar-refractivity contribution in [2.24, 2.45) is 5.11 Å². The molecular formula is C74H122IN7O33. The second kappa shape index (κ2) is 50.4. The third-order valence-electron chi connectivity index (χ3n) is 20.9. The van der Waals surface area contributed by atoms with Crippen LogP contribution in [0.4, 0.5) is 5.69 Å². The predicted molar refractivity (Wildman–Crippen MR) is 407 cm³/mol. The summed E-state index contributed by atoms with van der Waals surface area (Å²) in [6.45, 7) is -1.35. The zero-order valence-corrected chi connectivity index (χ0v) is 67.2. The van der Waals surface area contributed by atoms with E-state index in [1.54, 1.807) is 6.08 Å². The highest BCUT2D eigenvalue weighted by atomic mass is 125. The predicted octanol–water partition coefficient (Wildman–Crippen LogP) is -1.72. The number of phenols is 1. The number of allylic oxidation sites excluding steroid dienone is 1. The van der Waals surface area contributed by atoms with Crippen LogP contribution in [0, 0.1) is 3.57 Å². The number of ether oxygens (including phenoxy) is 10. The highest BCUT2D eigenvalue weighted by Crippen LogP contribution is 2.40. The Hall–Kier alpha value is -4.89. The number of carbonyl (C=O) groups is 5. The Morgan fingerprint density at radius 1 is 0.617 bits per heavy atom. The molecule has 0 saturated carbocycles. The summed E-state index contributed by atoms with van der Waals surface area (Å²) >= 11 is 1.92. The molecule has 5 fully saturated rings. The second-order valence-electron chi connectivity index (χ2n) is 29.8. The van der Waals surface area contributed by atoms with E-state index in [4.69, 9.17) is 52.9 Å². The normalized spacial score (nSPS) is 32.8. The summed E-state index contributed by atoms with van der Waals surface area (Å²) < 4.78 is 59.2. The SMILES string of the molecule is CCCCCCCCCCCCC/C=C/C(O)C(CO[C@@H]1O[C@H](CO)[C@@H](O[C@@H]2O[C@H](CO)[C@H](O)[C@H](O[C@@H]3O[C@H](CO)[C@@H](O[C@@H]4O[C@H](CO)[C@H](O)[C@H](O[C@@]5(C(=O)O)C[C@H](O)[C@@H](NC(C)=O)[C@H]([C@H](O)[C@H](O)CO)O5)[C@H]4O)[C@H](O)[C@H]3NC(C)=O)[C@H]2O)[C@H](O)[C@H]1O)NC(=O)CCCCCCCCCCCNC(=O)c1cc([125I])c(N=[N+]=[N-])cc1O. The Morgan fingerprint density at radius 2 is 1.11 bits per heavy atom. The van der Waals surface area contributed by atoms with E-state index in [1.807, 2.05) is 22.6 Å². The van der Waals surface area contributed by atoms with Crippen molar-refractivity contribution < 1.29 is 163 Å². The number of hydrogen-bond acceptors (Lipinski definition) is 33. The number of carboxylic acid groups (broad SMARTS) is 1. The molecule has 22 N–H and O–H groups in total. The van der Waals surface area contributed by atoms with Crippen LogP contribution in [0.15, 0.2) is 29.4 Å². The maximum Gasteiger partial charge on any atom is 0.364 e. The number of rotatable bonds is 50. The molecule has 1 aromatic carbocycles. The van der Waals surface area contributed by atoms with Crippen molar-refractivity contribution in [2.45, 2.75) is 340 Å². The molecule has 5 aliphatic heterocycles. The number of aliphatic hydroxyl groups is 16. The quantitative estimate of drug-likeness (QED) is 0.00861. The Bertz CT molecular complexity index is 3180. The van der Waals surface area contributed by atoms with E-state index in [0.717, 1.165) is 90.9 Å². The van der Waals surface area contributed by atoms with Crippen molar-refractivity contribution in [3.63, 3.8) is 0 Å². The monoisotopic (exact) mass is 1760 g/mol. The molecule has 1 aromatic rings. The number of benzene rings is 1. The van der Waals surface area contributed by atoms with Crippen molar-refractivity contribution in [1.82, 2.24) is 21.3 Å². The number of aliphatic carboxylic acids is 1. The summed E-state index contributed by atoms with van der Waals surface area (Å²) in [4.78, 5) is 67.2. The van der Waals surface area contributed by atoms with Gasteiger partial charge in [-0.2, -0.15) is 0 Å². The summed E-state index contributed by atoms with van der Waals surface area (Å²) in [6.07, 6.45) is -25.5. The minimum absolute atomic E-state index is 0.0784. The summed E-state index contributed by atoms with van der Waals surface area (Å²) in [5.41, 5.74) is 9.02. The van der Waals surface area contributed by atoms with Crippen LogP contribution >= 0.6 is 22.6 Å². The molecule has 5 heterocycles. The van der Waals surface area contributed by atoms with Crippen LogP contribution in [-0.4, -0.2) is 339 Å². The lowest BCUT2D eigenvalue weighted by atomic mass is 9.88. The molecule has 40 nitrogen and oxygen atoms in total. The second-order valence-corrected chi connectivity index (χ2v) is 30.9. The number of carboxylic acids is 1. The van der Waals surface area contributed by atoms with Crippen LogP contribution in [0.25, 0.3) is 10.4 Å². The average Bonchev–Trinajstić information content (AvgIpc) is 0.754. The minimum Gasteiger partial charge on any atom is -0.507 e. The zero-order valence-electron chi connectivity index (χ0n) is 65.0. The zero-order chi connectivity index (χ0) is 84.6. The number of unbranched alkanes of at least 4 members (excludes halogenated alkanes) is 19. The number of nitrogens with zero attached hydrogens (tertiary/aromatic N) is 3. The number of amides is 4. The van der Waals surface area contributed by atoms with E-state index in [9.17, 15) is 116 Å². The Kier molecular flexibility index (Phi) is 43.3. The molecule has 2 unspecified atom stereocenters. The van der Waals surface area contributed by atoms with Gasteiger partial charge in [-0.15, -0.1) is 0 Å². The number of aliphatic hydroxyl groups excluding tert-OH is 16. The van der Waals surface area contributed by atoms with E-state index in [0.29, 0.717) is 23.0 Å². The summed E-state index contributed by atoms with van der Waals surface area (Å²) in [5, 5.41) is 213. The Balaban J connectivity index is 1.07. The Morgan fingerprint density at radius 3 is 1.65 bits per heavy atom. The van der Waals surface area contributed by atoms with Gasteiger partial charge in [0.25, 0.3) is 11.7 Å². The van der Waals surface area contributed by atoms with Gasteiger partial charge in [-0.05, 0) is 65.9 Å². The number of hydrogen-bond donors (Lipinski definition) is 22. The molecule has 6 rings (SSSR count). The van der Waals surface area contributed by atoms with E-state index in [2.05, 4.69) is 38.2 Å². The van der Waals surface area contributed by atoms with Gasteiger partial charge >= 0.3 is 5.97 Å². The van der Waals surface area contributed by atoms with Crippen molar-refractivity contribution in [2.75, 3.05) is 46.2 Å². The van der Waals surface area contributed by atoms with Crippen LogP contribution in [0.5, 0.6) is 5.75 Å². The van der Waals surface area contributed by atoms with Crippen molar-refractivity contribution in [3.8, 4) is 5.75 Å². The number of azide groups is 1. The summed E-state index contributed by atoms with van der Waals surface area (Å²) in [7, 11) is 0.